The lowest BCUT2D eigenvalue weighted by Gasteiger charge is -2.20. The zero-order valence-electron chi connectivity index (χ0n) is 27.2. The lowest BCUT2D eigenvalue weighted by atomic mass is 10.0. The molecule has 7 aromatic carbocycles. The van der Waals surface area contributed by atoms with E-state index in [-0.39, 0.29) is 6.17 Å². The number of thiophene rings is 1. The van der Waals surface area contributed by atoms with Crippen molar-refractivity contribution in [1.82, 2.24) is 4.57 Å². The van der Waals surface area contributed by atoms with Crippen molar-refractivity contribution in [2.45, 2.75) is 6.17 Å². The molecule has 0 amide bonds. The second kappa shape index (κ2) is 11.8. The minimum absolute atomic E-state index is 0.0917. The standard InChI is InChI=1S/C46H31N3S/c1-3-12-30(13-4-1)40-29-41(31-14-5-2-6-15-31)48-46(47-40)32-22-25-34(26-23-32)49-42-20-9-7-16-36(42)37-27-24-33(28-43(37)49)35-18-11-19-39-38-17-8-10-21-44(38)50-45(35)39/h1-29,46-47H/p+1. The molecule has 0 spiro atoms. The highest BCUT2D eigenvalue weighted by Gasteiger charge is 2.24. The fraction of sp³-hybridized carbons (Fsp3) is 0.0217. The highest BCUT2D eigenvalue weighted by molar-refractivity contribution is 7.26. The van der Waals surface area contributed by atoms with E-state index in [4.69, 9.17) is 4.99 Å². The summed E-state index contributed by atoms with van der Waals surface area (Å²) in [6.45, 7) is 0. The summed E-state index contributed by atoms with van der Waals surface area (Å²) in [5.74, 6) is 0. The predicted octanol–water partition coefficient (Wildman–Crippen LogP) is 10.9. The van der Waals surface area contributed by atoms with Crippen LogP contribution in [-0.2, 0) is 0 Å². The fourth-order valence-electron chi connectivity index (χ4n) is 7.55. The first-order valence-corrected chi connectivity index (χ1v) is 17.9. The smallest absolute Gasteiger partial charge is 0.211 e. The maximum atomic E-state index is 5.25. The molecule has 0 bridgehead atoms. The Morgan fingerprint density at radius 2 is 1.20 bits per heavy atom. The highest BCUT2D eigenvalue weighted by atomic mass is 32.1. The molecule has 1 unspecified atom stereocenters. The number of aliphatic imine (C=N–C) groups is 1. The maximum absolute atomic E-state index is 5.25. The molecule has 50 heavy (non-hydrogen) atoms. The number of aromatic nitrogens is 1. The third-order valence-electron chi connectivity index (χ3n) is 9.97. The lowest BCUT2D eigenvalue weighted by molar-refractivity contribution is -0.609. The molecular formula is C46H32N3S+. The summed E-state index contributed by atoms with van der Waals surface area (Å²) in [5, 5.41) is 7.45. The van der Waals surface area contributed by atoms with Crippen LogP contribution in [0, 0.1) is 0 Å². The Kier molecular flexibility index (Phi) is 6.83. The molecule has 236 valence electrons. The number of allylic oxidation sites excluding steroid dienone is 1. The largest absolute Gasteiger partial charge is 0.309 e. The molecule has 0 saturated carbocycles. The number of nitrogens with two attached hydrogens (primary N) is 1. The van der Waals surface area contributed by atoms with Crippen LogP contribution in [0.25, 0.3) is 64.5 Å². The summed E-state index contributed by atoms with van der Waals surface area (Å²) in [6, 6.07) is 61.3. The number of hydrogen-bond donors (Lipinski definition) is 1. The average Bonchev–Trinajstić information content (AvgIpc) is 3.74. The van der Waals surface area contributed by atoms with Gasteiger partial charge in [-0.25, -0.2) is 4.99 Å². The first-order valence-electron chi connectivity index (χ1n) is 17.1. The van der Waals surface area contributed by atoms with Gasteiger partial charge in [0, 0.05) is 59.4 Å². The average molecular weight is 659 g/mol. The Morgan fingerprint density at radius 3 is 2.02 bits per heavy atom. The Hall–Kier alpha value is -6.07. The molecule has 3 nitrogen and oxygen atoms in total. The van der Waals surface area contributed by atoms with Gasteiger partial charge in [0.15, 0.2) is 0 Å². The van der Waals surface area contributed by atoms with Gasteiger partial charge in [-0.3, -0.25) is 5.32 Å². The van der Waals surface area contributed by atoms with Crippen LogP contribution < -0.4 is 5.32 Å². The molecular weight excluding hydrogens is 627 g/mol. The lowest BCUT2D eigenvalue weighted by Crippen LogP contribution is -2.82. The first-order chi connectivity index (χ1) is 24.8. The topological polar surface area (TPSA) is 33.9 Å². The van der Waals surface area contributed by atoms with E-state index in [1.165, 1.54) is 69.9 Å². The van der Waals surface area contributed by atoms with Gasteiger partial charge in [0.05, 0.1) is 16.7 Å². The van der Waals surface area contributed by atoms with Gasteiger partial charge in [0.2, 0.25) is 6.17 Å². The molecule has 9 aromatic rings. The zero-order valence-corrected chi connectivity index (χ0v) is 28.0. The van der Waals surface area contributed by atoms with Crippen molar-refractivity contribution in [3.63, 3.8) is 0 Å². The second-order valence-corrected chi connectivity index (χ2v) is 14.0. The van der Waals surface area contributed by atoms with Gasteiger partial charge in [-0.1, -0.05) is 115 Å². The van der Waals surface area contributed by atoms with Crippen LogP contribution in [0.4, 0.5) is 0 Å². The van der Waals surface area contributed by atoms with Crippen molar-refractivity contribution < 1.29 is 5.32 Å². The van der Waals surface area contributed by atoms with Crippen molar-refractivity contribution in [1.29, 1.82) is 0 Å². The summed E-state index contributed by atoms with van der Waals surface area (Å²) in [4.78, 5) is 5.25. The summed E-state index contributed by atoms with van der Waals surface area (Å²) in [7, 11) is 0. The van der Waals surface area contributed by atoms with Crippen LogP contribution >= 0.6 is 11.3 Å². The number of benzene rings is 7. The van der Waals surface area contributed by atoms with E-state index in [0.29, 0.717) is 0 Å². The molecule has 0 fully saturated rings. The predicted molar refractivity (Wildman–Crippen MR) is 211 cm³/mol. The van der Waals surface area contributed by atoms with Crippen molar-refractivity contribution in [3.05, 3.63) is 193 Å². The van der Waals surface area contributed by atoms with Crippen molar-refractivity contribution in [3.8, 4) is 16.8 Å². The monoisotopic (exact) mass is 658 g/mol. The van der Waals surface area contributed by atoms with Gasteiger partial charge in [-0.15, -0.1) is 11.3 Å². The minimum Gasteiger partial charge on any atom is -0.309 e. The molecule has 1 aliphatic heterocycles. The molecule has 2 N–H and O–H groups in total. The summed E-state index contributed by atoms with van der Waals surface area (Å²) in [6.07, 6.45) is 2.12. The van der Waals surface area contributed by atoms with E-state index in [9.17, 15) is 0 Å². The SMILES string of the molecule is C1=C(c2ccccc2)[NH2+]C(c2ccc(-n3c4ccccc4c4ccc(-c5cccc6c5sc5ccccc56)cc43)cc2)N=C1c1ccccc1. The van der Waals surface area contributed by atoms with E-state index in [0.717, 1.165) is 17.0 Å². The van der Waals surface area contributed by atoms with Gasteiger partial charge in [0.1, 0.15) is 5.70 Å². The van der Waals surface area contributed by atoms with E-state index >= 15 is 0 Å². The quantitative estimate of drug-likeness (QED) is 0.191. The van der Waals surface area contributed by atoms with Crippen molar-refractivity contribution in [2.75, 3.05) is 0 Å². The maximum Gasteiger partial charge on any atom is 0.211 e. The Balaban J connectivity index is 1.08. The number of fused-ring (bicyclic) bond motifs is 6. The van der Waals surface area contributed by atoms with Gasteiger partial charge >= 0.3 is 0 Å². The van der Waals surface area contributed by atoms with Crippen LogP contribution in [0.15, 0.2) is 181 Å². The molecule has 10 rings (SSSR count). The summed E-state index contributed by atoms with van der Waals surface area (Å²) in [5.41, 5.74) is 11.7. The number of hydrogen-bond acceptors (Lipinski definition) is 2. The molecule has 0 radical (unpaired) electrons. The Bertz CT molecular complexity index is 2770. The van der Waals surface area contributed by atoms with Crippen LogP contribution in [0.3, 0.4) is 0 Å². The Labute approximate surface area is 294 Å². The summed E-state index contributed by atoms with van der Waals surface area (Å²) >= 11 is 1.88. The van der Waals surface area contributed by atoms with Gasteiger partial charge in [-0.05, 0) is 65.7 Å². The normalized spacial score (nSPS) is 14.8. The minimum atomic E-state index is -0.0917. The van der Waals surface area contributed by atoms with Crippen LogP contribution in [0.1, 0.15) is 22.9 Å². The van der Waals surface area contributed by atoms with E-state index in [1.807, 2.05) is 11.3 Å². The second-order valence-electron chi connectivity index (χ2n) is 12.9. The number of quaternary nitrogens is 1. The highest BCUT2D eigenvalue weighted by Crippen LogP contribution is 2.41. The van der Waals surface area contributed by atoms with E-state index in [1.54, 1.807) is 0 Å². The molecule has 0 aliphatic carbocycles. The number of rotatable bonds is 5. The van der Waals surface area contributed by atoms with E-state index in [2.05, 4.69) is 186 Å². The Morgan fingerprint density at radius 1 is 0.520 bits per heavy atom. The van der Waals surface area contributed by atoms with Gasteiger partial charge < -0.3 is 4.57 Å². The molecule has 1 aliphatic rings. The first kappa shape index (κ1) is 28.9. The third-order valence-corrected chi connectivity index (χ3v) is 11.2. The third kappa shape index (κ3) is 4.80. The fourth-order valence-corrected chi connectivity index (χ4v) is 8.79. The molecule has 3 heterocycles. The summed E-state index contributed by atoms with van der Waals surface area (Å²) < 4.78 is 5.08. The van der Waals surface area contributed by atoms with Crippen LogP contribution in [-0.4, -0.2) is 10.3 Å². The van der Waals surface area contributed by atoms with Gasteiger partial charge in [0.25, 0.3) is 0 Å². The van der Waals surface area contributed by atoms with E-state index < -0.39 is 0 Å². The van der Waals surface area contributed by atoms with Crippen molar-refractivity contribution >= 4 is 64.7 Å². The molecule has 0 saturated heterocycles. The van der Waals surface area contributed by atoms with Crippen molar-refractivity contribution in [2.24, 2.45) is 4.99 Å². The molecule has 4 heteroatoms. The van der Waals surface area contributed by atoms with Gasteiger partial charge in [-0.2, -0.15) is 0 Å². The number of para-hydroxylation sites is 1. The van der Waals surface area contributed by atoms with Crippen LogP contribution in [0.5, 0.6) is 0 Å². The molecule has 1 atom stereocenters. The molecule has 2 aromatic heterocycles. The zero-order chi connectivity index (χ0) is 33.0. The number of nitrogens with zero attached hydrogens (tertiary/aromatic N) is 2. The van der Waals surface area contributed by atoms with Crippen LogP contribution in [0.2, 0.25) is 0 Å².